The van der Waals surface area contributed by atoms with Crippen LogP contribution >= 0.6 is 0 Å². The van der Waals surface area contributed by atoms with E-state index in [1.165, 1.54) is 6.92 Å². The van der Waals surface area contributed by atoms with Crippen LogP contribution < -0.4 is 0 Å². The van der Waals surface area contributed by atoms with Gasteiger partial charge in [0.2, 0.25) is 0 Å². The third-order valence-electron chi connectivity index (χ3n) is 0. The Kier molecular flexibility index (Phi) is 15.7. The Morgan fingerprint density at radius 1 is 1.00 bits per heavy atom. The third-order valence-corrected chi connectivity index (χ3v) is 0. The van der Waals surface area contributed by atoms with E-state index < -0.39 is 0 Å². The van der Waals surface area contributed by atoms with Crippen LogP contribution in [0.15, 0.2) is 0 Å². The molecule has 0 aliphatic heterocycles. The van der Waals surface area contributed by atoms with Gasteiger partial charge in [-0.3, -0.25) is 0 Å². The van der Waals surface area contributed by atoms with E-state index in [1.807, 2.05) is 0 Å². The summed E-state index contributed by atoms with van der Waals surface area (Å²) in [7, 11) is 0. The molecule has 0 aromatic rings. The summed E-state index contributed by atoms with van der Waals surface area (Å²) in [6.07, 6.45) is 0.750. The van der Waals surface area contributed by atoms with Gasteiger partial charge in [0.25, 0.3) is 0 Å². The standard InChI is InChI=1S/C5H12.C4H10.C2H4O/c1-5(2,3)4;1-4(2)3;1-2-3/h1-4H3;4H,1-3H3;2H,1H3. The maximum Gasteiger partial charge on any atom is 0.116 e. The summed E-state index contributed by atoms with van der Waals surface area (Å²) in [4.78, 5) is 8.81. The zero-order valence-corrected chi connectivity index (χ0v) is 10.1. The van der Waals surface area contributed by atoms with Crippen LogP contribution in [-0.2, 0) is 4.79 Å². The minimum absolute atomic E-state index is 0.500. The summed E-state index contributed by atoms with van der Waals surface area (Å²) in [5.41, 5.74) is 0.500. The first kappa shape index (κ1) is 17.7. The fraction of sp³-hybridized carbons (Fsp3) is 0.909. The van der Waals surface area contributed by atoms with Crippen LogP contribution in [0.3, 0.4) is 0 Å². The van der Waals surface area contributed by atoms with Crippen molar-refractivity contribution >= 4 is 6.29 Å². The van der Waals surface area contributed by atoms with Gasteiger partial charge >= 0.3 is 0 Å². The summed E-state index contributed by atoms with van der Waals surface area (Å²) in [5, 5.41) is 0. The van der Waals surface area contributed by atoms with Gasteiger partial charge < -0.3 is 4.79 Å². The normalized spacial score (nSPS) is 9.08. The summed E-state index contributed by atoms with van der Waals surface area (Å²) < 4.78 is 0. The molecule has 0 unspecified atom stereocenters. The van der Waals surface area contributed by atoms with Gasteiger partial charge in [0, 0.05) is 0 Å². The molecule has 76 valence electrons. The lowest BCUT2D eigenvalue weighted by atomic mass is 10.0. The van der Waals surface area contributed by atoms with Crippen molar-refractivity contribution in [2.45, 2.75) is 55.4 Å². The van der Waals surface area contributed by atoms with Crippen molar-refractivity contribution in [1.82, 2.24) is 0 Å². The number of aldehydes is 1. The van der Waals surface area contributed by atoms with E-state index >= 15 is 0 Å². The van der Waals surface area contributed by atoms with Gasteiger partial charge in [-0.05, 0) is 18.3 Å². The molecule has 0 amide bonds. The highest BCUT2D eigenvalue weighted by molar-refractivity contribution is 5.44. The lowest BCUT2D eigenvalue weighted by Gasteiger charge is -2.05. The molecule has 0 saturated carbocycles. The van der Waals surface area contributed by atoms with Gasteiger partial charge in [-0.2, -0.15) is 0 Å². The van der Waals surface area contributed by atoms with E-state index in [-0.39, 0.29) is 0 Å². The molecular weight excluding hydrogens is 148 g/mol. The Bertz CT molecular complexity index is 68.7. The molecule has 0 rings (SSSR count). The summed E-state index contributed by atoms with van der Waals surface area (Å²) in [5.74, 6) is 0.833. The summed E-state index contributed by atoms with van der Waals surface area (Å²) in [6, 6.07) is 0. The SMILES string of the molecule is CC(C)(C)C.CC(C)C.CC=O. The second-order valence-electron chi connectivity index (χ2n) is 4.97. The van der Waals surface area contributed by atoms with Gasteiger partial charge in [0.1, 0.15) is 6.29 Å². The highest BCUT2D eigenvalue weighted by atomic mass is 16.1. The third kappa shape index (κ3) is 6670. The quantitative estimate of drug-likeness (QED) is 0.509. The fourth-order valence-corrected chi connectivity index (χ4v) is 0. The second-order valence-corrected chi connectivity index (χ2v) is 4.97. The van der Waals surface area contributed by atoms with Crippen molar-refractivity contribution in [3.8, 4) is 0 Å². The number of carbonyl (C=O) groups excluding carboxylic acids is 1. The van der Waals surface area contributed by atoms with E-state index in [1.54, 1.807) is 0 Å². The van der Waals surface area contributed by atoms with Gasteiger partial charge in [-0.15, -0.1) is 0 Å². The first-order chi connectivity index (χ1) is 5.15. The molecular formula is C11H26O. The molecule has 0 aromatic heterocycles. The molecule has 0 radical (unpaired) electrons. The van der Waals surface area contributed by atoms with E-state index in [9.17, 15) is 0 Å². The number of rotatable bonds is 0. The van der Waals surface area contributed by atoms with Crippen molar-refractivity contribution in [1.29, 1.82) is 0 Å². The predicted molar refractivity (Wildman–Crippen MR) is 57.4 cm³/mol. The average Bonchev–Trinajstić information content (AvgIpc) is 1.56. The minimum atomic E-state index is 0.500. The predicted octanol–water partition coefficient (Wildman–Crippen LogP) is 3.92. The lowest BCUT2D eigenvalue weighted by Crippen LogP contribution is -1.93. The first-order valence-corrected chi connectivity index (χ1v) is 4.55. The maximum atomic E-state index is 8.81. The van der Waals surface area contributed by atoms with Gasteiger partial charge in [0.15, 0.2) is 0 Å². The largest absolute Gasteiger partial charge is 0.304 e. The van der Waals surface area contributed by atoms with Crippen LogP contribution in [-0.4, -0.2) is 6.29 Å². The number of hydrogen-bond acceptors (Lipinski definition) is 1. The molecule has 0 atom stereocenters. The zero-order chi connectivity index (χ0) is 10.8. The molecule has 0 aliphatic rings. The van der Waals surface area contributed by atoms with E-state index in [0.29, 0.717) is 5.41 Å². The van der Waals surface area contributed by atoms with Crippen LogP contribution in [0.4, 0.5) is 0 Å². The Hall–Kier alpha value is -0.330. The monoisotopic (exact) mass is 174 g/mol. The Morgan fingerprint density at radius 3 is 1.00 bits per heavy atom. The lowest BCUT2D eigenvalue weighted by molar-refractivity contribution is -0.106. The Morgan fingerprint density at radius 2 is 1.00 bits per heavy atom. The van der Waals surface area contributed by atoms with Crippen LogP contribution in [0.1, 0.15) is 55.4 Å². The first-order valence-electron chi connectivity index (χ1n) is 4.55. The number of hydrogen-bond donors (Lipinski definition) is 0. The Labute approximate surface area is 78.6 Å². The minimum Gasteiger partial charge on any atom is -0.304 e. The molecule has 0 bridgehead atoms. The second kappa shape index (κ2) is 10.7. The van der Waals surface area contributed by atoms with Crippen LogP contribution in [0.2, 0.25) is 0 Å². The molecule has 0 aromatic carbocycles. The van der Waals surface area contributed by atoms with Gasteiger partial charge in [0.05, 0.1) is 0 Å². The van der Waals surface area contributed by atoms with E-state index in [0.717, 1.165) is 12.2 Å². The van der Waals surface area contributed by atoms with Gasteiger partial charge in [-0.25, -0.2) is 0 Å². The number of carbonyl (C=O) groups is 1. The molecule has 1 heteroatoms. The highest BCUT2D eigenvalue weighted by Crippen LogP contribution is 2.07. The summed E-state index contributed by atoms with van der Waals surface area (Å²) >= 11 is 0. The maximum absolute atomic E-state index is 8.81. The van der Waals surface area contributed by atoms with Crippen molar-refractivity contribution in [2.24, 2.45) is 11.3 Å². The molecule has 0 saturated heterocycles. The molecule has 0 N–H and O–H groups in total. The van der Waals surface area contributed by atoms with Crippen LogP contribution in [0, 0.1) is 11.3 Å². The molecule has 12 heavy (non-hydrogen) atoms. The zero-order valence-electron chi connectivity index (χ0n) is 10.1. The van der Waals surface area contributed by atoms with Crippen molar-refractivity contribution in [3.05, 3.63) is 0 Å². The van der Waals surface area contributed by atoms with Crippen molar-refractivity contribution in [2.75, 3.05) is 0 Å². The van der Waals surface area contributed by atoms with E-state index in [4.69, 9.17) is 4.79 Å². The van der Waals surface area contributed by atoms with Crippen LogP contribution in [0.25, 0.3) is 0 Å². The van der Waals surface area contributed by atoms with Crippen molar-refractivity contribution < 1.29 is 4.79 Å². The summed E-state index contributed by atoms with van der Waals surface area (Å²) in [6.45, 7) is 16.7. The van der Waals surface area contributed by atoms with Crippen molar-refractivity contribution in [3.63, 3.8) is 0 Å². The molecule has 0 fully saturated rings. The molecule has 0 spiro atoms. The molecule has 0 heterocycles. The molecule has 1 nitrogen and oxygen atoms in total. The average molecular weight is 174 g/mol. The van der Waals surface area contributed by atoms with Crippen LogP contribution in [0.5, 0.6) is 0 Å². The fourth-order valence-electron chi connectivity index (χ4n) is 0. The molecule has 0 aliphatic carbocycles. The highest BCUT2D eigenvalue weighted by Gasteiger charge is 1.95. The van der Waals surface area contributed by atoms with Gasteiger partial charge in [-0.1, -0.05) is 48.5 Å². The van der Waals surface area contributed by atoms with E-state index in [2.05, 4.69) is 48.5 Å². The Balaban J connectivity index is -0.000000105. The smallest absolute Gasteiger partial charge is 0.116 e. The topological polar surface area (TPSA) is 17.1 Å².